The van der Waals surface area contributed by atoms with Gasteiger partial charge in [0.1, 0.15) is 0 Å². The van der Waals surface area contributed by atoms with Crippen LogP contribution in [0.4, 0.5) is 5.69 Å². The van der Waals surface area contributed by atoms with E-state index in [9.17, 15) is 5.11 Å². The maximum Gasteiger partial charge on any atom is 0.0781 e. The predicted molar refractivity (Wildman–Crippen MR) is 69.3 cm³/mol. The number of ether oxygens (including phenoxy) is 1. The minimum absolute atomic E-state index is 0.393. The number of methoxy groups -OCH3 is 1. The summed E-state index contributed by atoms with van der Waals surface area (Å²) in [6, 6.07) is 8.11. The zero-order chi connectivity index (χ0) is 12.3. The molecule has 1 fully saturated rings. The van der Waals surface area contributed by atoms with Gasteiger partial charge in [-0.05, 0) is 25.8 Å². The van der Waals surface area contributed by atoms with Gasteiger partial charge >= 0.3 is 0 Å². The zero-order valence-corrected chi connectivity index (χ0v) is 10.6. The average molecular weight is 235 g/mol. The van der Waals surface area contributed by atoms with Crippen LogP contribution in [0.5, 0.6) is 0 Å². The SMILES string of the molecule is COC1CCN(c2ccccc2[C@@H](C)O)CC1. The van der Waals surface area contributed by atoms with E-state index in [0.717, 1.165) is 37.2 Å². The lowest BCUT2D eigenvalue weighted by Crippen LogP contribution is -2.37. The van der Waals surface area contributed by atoms with Crippen LogP contribution in [0.2, 0.25) is 0 Å². The fraction of sp³-hybridized carbons (Fsp3) is 0.571. The first-order valence-electron chi connectivity index (χ1n) is 6.27. The number of anilines is 1. The summed E-state index contributed by atoms with van der Waals surface area (Å²) in [7, 11) is 1.78. The van der Waals surface area contributed by atoms with Crippen molar-refractivity contribution in [1.29, 1.82) is 0 Å². The normalized spacial score (nSPS) is 19.4. The van der Waals surface area contributed by atoms with Crippen LogP contribution in [0.25, 0.3) is 0 Å². The highest BCUT2D eigenvalue weighted by Gasteiger charge is 2.21. The third-order valence-electron chi connectivity index (χ3n) is 3.50. The molecular formula is C14H21NO2. The van der Waals surface area contributed by atoms with Crippen molar-refractivity contribution in [2.24, 2.45) is 0 Å². The molecule has 1 aliphatic rings. The van der Waals surface area contributed by atoms with Crippen LogP contribution in [0, 0.1) is 0 Å². The van der Waals surface area contributed by atoms with Crippen molar-refractivity contribution in [2.75, 3.05) is 25.1 Å². The second-order valence-corrected chi connectivity index (χ2v) is 4.66. The van der Waals surface area contributed by atoms with Gasteiger partial charge in [-0.3, -0.25) is 0 Å². The molecule has 1 aromatic rings. The summed E-state index contributed by atoms with van der Waals surface area (Å²) in [4.78, 5) is 2.34. The molecule has 1 aromatic carbocycles. The molecule has 3 nitrogen and oxygen atoms in total. The summed E-state index contributed by atoms with van der Waals surface area (Å²) < 4.78 is 5.38. The van der Waals surface area contributed by atoms with Crippen LogP contribution in [0.3, 0.4) is 0 Å². The minimum Gasteiger partial charge on any atom is -0.389 e. The highest BCUT2D eigenvalue weighted by molar-refractivity contribution is 5.54. The number of hydrogen-bond acceptors (Lipinski definition) is 3. The Morgan fingerprint density at radius 2 is 1.94 bits per heavy atom. The molecule has 0 bridgehead atoms. The Balaban J connectivity index is 2.13. The summed E-state index contributed by atoms with van der Waals surface area (Å²) in [6.45, 7) is 3.82. The van der Waals surface area contributed by atoms with Crippen LogP contribution in [-0.4, -0.2) is 31.4 Å². The van der Waals surface area contributed by atoms with E-state index in [4.69, 9.17) is 4.74 Å². The van der Waals surface area contributed by atoms with Crippen molar-refractivity contribution in [3.8, 4) is 0 Å². The first-order valence-corrected chi connectivity index (χ1v) is 6.27. The monoisotopic (exact) mass is 235 g/mol. The molecule has 0 aliphatic carbocycles. The van der Waals surface area contributed by atoms with Crippen molar-refractivity contribution in [2.45, 2.75) is 32.0 Å². The smallest absolute Gasteiger partial charge is 0.0781 e. The molecule has 2 rings (SSSR count). The van der Waals surface area contributed by atoms with E-state index in [-0.39, 0.29) is 0 Å². The van der Waals surface area contributed by atoms with Crippen LogP contribution in [0.1, 0.15) is 31.4 Å². The van der Waals surface area contributed by atoms with E-state index < -0.39 is 6.10 Å². The zero-order valence-electron chi connectivity index (χ0n) is 10.6. The van der Waals surface area contributed by atoms with E-state index >= 15 is 0 Å². The van der Waals surface area contributed by atoms with Crippen LogP contribution in [0.15, 0.2) is 24.3 Å². The van der Waals surface area contributed by atoms with E-state index in [0.29, 0.717) is 6.10 Å². The molecule has 94 valence electrons. The van der Waals surface area contributed by atoms with Gasteiger partial charge in [0.2, 0.25) is 0 Å². The molecule has 1 aliphatic heterocycles. The lowest BCUT2D eigenvalue weighted by Gasteiger charge is -2.34. The Morgan fingerprint density at radius 3 is 2.53 bits per heavy atom. The van der Waals surface area contributed by atoms with Crippen LogP contribution < -0.4 is 4.90 Å². The second-order valence-electron chi connectivity index (χ2n) is 4.66. The van der Waals surface area contributed by atoms with E-state index in [1.54, 1.807) is 7.11 Å². The maximum atomic E-state index is 9.78. The third-order valence-corrected chi connectivity index (χ3v) is 3.50. The van der Waals surface area contributed by atoms with E-state index in [2.05, 4.69) is 11.0 Å². The lowest BCUT2D eigenvalue weighted by molar-refractivity contribution is 0.0818. The number of nitrogens with zero attached hydrogens (tertiary/aromatic N) is 1. The molecule has 0 saturated carbocycles. The summed E-state index contributed by atoms with van der Waals surface area (Å²) >= 11 is 0. The Kier molecular flexibility index (Phi) is 4.02. The number of rotatable bonds is 3. The molecule has 1 N–H and O–H groups in total. The number of hydrogen-bond donors (Lipinski definition) is 1. The summed E-state index contributed by atoms with van der Waals surface area (Å²) in [5.74, 6) is 0. The molecule has 0 radical (unpaired) electrons. The Morgan fingerprint density at radius 1 is 1.29 bits per heavy atom. The molecule has 1 atom stereocenters. The Bertz CT molecular complexity index is 357. The van der Waals surface area contributed by atoms with Crippen LogP contribution in [-0.2, 0) is 4.74 Å². The summed E-state index contributed by atoms with van der Waals surface area (Å²) in [6.07, 6.45) is 2.10. The average Bonchev–Trinajstić information content (AvgIpc) is 2.39. The Labute approximate surface area is 103 Å². The molecule has 0 unspecified atom stereocenters. The second kappa shape index (κ2) is 5.52. The first-order chi connectivity index (χ1) is 8.22. The van der Waals surface area contributed by atoms with E-state index in [1.807, 2.05) is 25.1 Å². The van der Waals surface area contributed by atoms with Crippen molar-refractivity contribution in [1.82, 2.24) is 0 Å². The largest absolute Gasteiger partial charge is 0.389 e. The Hall–Kier alpha value is -1.06. The van der Waals surface area contributed by atoms with Gasteiger partial charge in [-0.1, -0.05) is 18.2 Å². The molecular weight excluding hydrogens is 214 g/mol. The van der Waals surface area contributed by atoms with Crippen molar-refractivity contribution in [3.63, 3.8) is 0 Å². The first kappa shape index (κ1) is 12.4. The van der Waals surface area contributed by atoms with Gasteiger partial charge in [-0.15, -0.1) is 0 Å². The van der Waals surface area contributed by atoms with Crippen LogP contribution >= 0.6 is 0 Å². The van der Waals surface area contributed by atoms with Gasteiger partial charge in [-0.2, -0.15) is 0 Å². The van der Waals surface area contributed by atoms with Crippen molar-refractivity contribution in [3.05, 3.63) is 29.8 Å². The highest BCUT2D eigenvalue weighted by atomic mass is 16.5. The molecule has 1 heterocycles. The van der Waals surface area contributed by atoms with Gasteiger partial charge in [0, 0.05) is 31.5 Å². The molecule has 0 spiro atoms. The van der Waals surface area contributed by atoms with Crippen molar-refractivity contribution < 1.29 is 9.84 Å². The minimum atomic E-state index is -0.411. The molecule has 17 heavy (non-hydrogen) atoms. The summed E-state index contributed by atoms with van der Waals surface area (Å²) in [5, 5.41) is 9.78. The summed E-state index contributed by atoms with van der Waals surface area (Å²) in [5.41, 5.74) is 2.18. The molecule has 0 amide bonds. The number of piperidine rings is 1. The van der Waals surface area contributed by atoms with Gasteiger partial charge < -0.3 is 14.7 Å². The fourth-order valence-electron chi connectivity index (χ4n) is 2.46. The van der Waals surface area contributed by atoms with Gasteiger partial charge in [0.25, 0.3) is 0 Å². The fourth-order valence-corrected chi connectivity index (χ4v) is 2.46. The number of para-hydroxylation sites is 1. The van der Waals surface area contributed by atoms with E-state index in [1.165, 1.54) is 0 Å². The molecule has 0 aromatic heterocycles. The van der Waals surface area contributed by atoms with Gasteiger partial charge in [0.05, 0.1) is 12.2 Å². The standard InChI is InChI=1S/C14H21NO2/c1-11(16)13-5-3-4-6-14(13)15-9-7-12(17-2)8-10-15/h3-6,11-12,16H,7-10H2,1-2H3/t11-/m1/s1. The quantitative estimate of drug-likeness (QED) is 0.873. The highest BCUT2D eigenvalue weighted by Crippen LogP contribution is 2.28. The van der Waals surface area contributed by atoms with Gasteiger partial charge in [0.15, 0.2) is 0 Å². The molecule has 3 heteroatoms. The van der Waals surface area contributed by atoms with Crippen molar-refractivity contribution >= 4 is 5.69 Å². The number of aliphatic hydroxyl groups excluding tert-OH is 1. The maximum absolute atomic E-state index is 9.78. The predicted octanol–water partition coefficient (Wildman–Crippen LogP) is 2.36. The topological polar surface area (TPSA) is 32.7 Å². The van der Waals surface area contributed by atoms with Gasteiger partial charge in [-0.25, -0.2) is 0 Å². The number of benzene rings is 1. The lowest BCUT2D eigenvalue weighted by atomic mass is 10.0. The molecule has 1 saturated heterocycles. The number of aliphatic hydroxyl groups is 1. The third kappa shape index (κ3) is 2.79.